The molecule has 0 saturated heterocycles. The Morgan fingerprint density at radius 2 is 1.78 bits per heavy atom. The van der Waals surface area contributed by atoms with Crippen molar-refractivity contribution in [2.24, 2.45) is 5.73 Å². The number of hydrogen-bond acceptors (Lipinski definition) is 5. The van der Waals surface area contributed by atoms with Gasteiger partial charge in [-0.3, -0.25) is 4.79 Å². The molecule has 6 nitrogen and oxygen atoms in total. The summed E-state index contributed by atoms with van der Waals surface area (Å²) in [5.41, 5.74) is 7.05. The standard InChI is InChI=1S/C16H13FN4O2/c17-12-5-1-11(2-6-12)16-21-20-14(23-16)9-19-13-7-3-10(4-8-13)15(18)22/h1-8,19H,9H2,(H2,18,22). The first kappa shape index (κ1) is 14.7. The van der Waals surface area contributed by atoms with Crippen molar-refractivity contribution in [2.45, 2.75) is 6.54 Å². The van der Waals surface area contributed by atoms with Crippen molar-refractivity contribution in [1.82, 2.24) is 10.2 Å². The third kappa shape index (κ3) is 3.52. The normalized spacial score (nSPS) is 10.5. The average molecular weight is 312 g/mol. The summed E-state index contributed by atoms with van der Waals surface area (Å²) in [5, 5.41) is 10.9. The number of benzene rings is 2. The zero-order chi connectivity index (χ0) is 16.2. The molecule has 1 amide bonds. The minimum absolute atomic E-state index is 0.324. The van der Waals surface area contributed by atoms with E-state index >= 15 is 0 Å². The topological polar surface area (TPSA) is 94.0 Å². The van der Waals surface area contributed by atoms with Crippen LogP contribution < -0.4 is 11.1 Å². The summed E-state index contributed by atoms with van der Waals surface area (Å²) in [5.74, 6) is -0.0823. The van der Waals surface area contributed by atoms with Crippen LogP contribution in [0.15, 0.2) is 52.9 Å². The lowest BCUT2D eigenvalue weighted by molar-refractivity contribution is 0.100. The monoisotopic (exact) mass is 312 g/mol. The van der Waals surface area contributed by atoms with E-state index in [0.717, 1.165) is 5.69 Å². The van der Waals surface area contributed by atoms with Crippen molar-refractivity contribution in [3.05, 3.63) is 65.8 Å². The molecule has 1 heterocycles. The maximum atomic E-state index is 12.9. The number of nitrogens with two attached hydrogens (primary N) is 1. The molecular weight excluding hydrogens is 299 g/mol. The highest BCUT2D eigenvalue weighted by atomic mass is 19.1. The van der Waals surface area contributed by atoms with Gasteiger partial charge in [0.25, 0.3) is 0 Å². The van der Waals surface area contributed by atoms with Crippen LogP contribution in [0.5, 0.6) is 0 Å². The second-order valence-corrected chi connectivity index (χ2v) is 4.80. The number of halogens is 1. The Morgan fingerprint density at radius 3 is 2.43 bits per heavy atom. The number of amides is 1. The maximum absolute atomic E-state index is 12.9. The van der Waals surface area contributed by atoms with Gasteiger partial charge in [-0.1, -0.05) is 0 Å². The minimum Gasteiger partial charge on any atom is -0.419 e. The molecule has 0 aliphatic rings. The lowest BCUT2D eigenvalue weighted by Crippen LogP contribution is -2.10. The zero-order valence-corrected chi connectivity index (χ0v) is 12.0. The quantitative estimate of drug-likeness (QED) is 0.755. The molecule has 3 N–H and O–H groups in total. The molecule has 0 spiro atoms. The highest BCUT2D eigenvalue weighted by Crippen LogP contribution is 2.18. The summed E-state index contributed by atoms with van der Waals surface area (Å²) in [6.07, 6.45) is 0. The number of carbonyl (C=O) groups is 1. The second-order valence-electron chi connectivity index (χ2n) is 4.80. The summed E-state index contributed by atoms with van der Waals surface area (Å²) in [7, 11) is 0. The maximum Gasteiger partial charge on any atom is 0.248 e. The molecule has 3 rings (SSSR count). The molecular formula is C16H13FN4O2. The van der Waals surface area contributed by atoms with Gasteiger partial charge in [-0.25, -0.2) is 4.39 Å². The fourth-order valence-corrected chi connectivity index (χ4v) is 1.96. The van der Waals surface area contributed by atoms with Gasteiger partial charge in [-0.05, 0) is 48.5 Å². The fourth-order valence-electron chi connectivity index (χ4n) is 1.96. The molecule has 3 aromatic rings. The molecule has 1 aromatic heterocycles. The fraction of sp³-hybridized carbons (Fsp3) is 0.0625. The predicted octanol–water partition coefficient (Wildman–Crippen LogP) is 2.59. The molecule has 0 fully saturated rings. The lowest BCUT2D eigenvalue weighted by atomic mass is 10.2. The summed E-state index contributed by atoms with van der Waals surface area (Å²) < 4.78 is 18.4. The van der Waals surface area contributed by atoms with Gasteiger partial charge in [0, 0.05) is 16.8 Å². The first-order valence-corrected chi connectivity index (χ1v) is 6.84. The van der Waals surface area contributed by atoms with Gasteiger partial charge in [-0.15, -0.1) is 10.2 Å². The van der Waals surface area contributed by atoms with Crippen molar-refractivity contribution in [2.75, 3.05) is 5.32 Å². The van der Waals surface area contributed by atoms with Crippen molar-refractivity contribution < 1.29 is 13.6 Å². The number of aromatic nitrogens is 2. The Balaban J connectivity index is 1.65. The number of primary amides is 1. The predicted molar refractivity (Wildman–Crippen MR) is 82.0 cm³/mol. The number of nitrogens with zero attached hydrogens (tertiary/aromatic N) is 2. The van der Waals surface area contributed by atoms with Gasteiger partial charge in [0.05, 0.1) is 6.54 Å². The van der Waals surface area contributed by atoms with Crippen LogP contribution in [-0.4, -0.2) is 16.1 Å². The van der Waals surface area contributed by atoms with E-state index in [-0.39, 0.29) is 5.82 Å². The first-order chi connectivity index (χ1) is 11.1. The number of hydrogen-bond donors (Lipinski definition) is 2. The highest BCUT2D eigenvalue weighted by Gasteiger charge is 2.08. The van der Waals surface area contributed by atoms with Crippen LogP contribution >= 0.6 is 0 Å². The molecule has 7 heteroatoms. The van der Waals surface area contributed by atoms with Crippen LogP contribution in [0.4, 0.5) is 10.1 Å². The number of anilines is 1. The molecule has 0 atom stereocenters. The third-order valence-corrected chi connectivity index (χ3v) is 3.17. The van der Waals surface area contributed by atoms with Crippen LogP contribution in [0.2, 0.25) is 0 Å². The first-order valence-electron chi connectivity index (χ1n) is 6.84. The van der Waals surface area contributed by atoms with Gasteiger partial charge in [0.2, 0.25) is 17.7 Å². The second kappa shape index (κ2) is 6.27. The number of carbonyl (C=O) groups excluding carboxylic acids is 1. The Kier molecular flexibility index (Phi) is 4.01. The zero-order valence-electron chi connectivity index (χ0n) is 12.0. The Morgan fingerprint density at radius 1 is 1.09 bits per heavy atom. The van der Waals surface area contributed by atoms with E-state index in [1.54, 1.807) is 36.4 Å². The van der Waals surface area contributed by atoms with E-state index < -0.39 is 5.91 Å². The molecule has 2 aromatic carbocycles. The minimum atomic E-state index is -0.475. The SMILES string of the molecule is NC(=O)c1ccc(NCc2nnc(-c3ccc(F)cc3)o2)cc1. The Labute approximate surface area is 131 Å². The lowest BCUT2D eigenvalue weighted by Gasteiger charge is -2.03. The van der Waals surface area contributed by atoms with Crippen LogP contribution in [0.3, 0.4) is 0 Å². The van der Waals surface area contributed by atoms with Crippen LogP contribution in [0.25, 0.3) is 11.5 Å². The van der Waals surface area contributed by atoms with Crippen molar-refractivity contribution in [3.8, 4) is 11.5 Å². The van der Waals surface area contributed by atoms with E-state index in [1.807, 2.05) is 0 Å². The molecule has 0 saturated carbocycles. The van der Waals surface area contributed by atoms with Crippen molar-refractivity contribution in [3.63, 3.8) is 0 Å². The smallest absolute Gasteiger partial charge is 0.248 e. The van der Waals surface area contributed by atoms with E-state index in [1.165, 1.54) is 12.1 Å². The van der Waals surface area contributed by atoms with Crippen molar-refractivity contribution >= 4 is 11.6 Å². The van der Waals surface area contributed by atoms with Gasteiger partial charge >= 0.3 is 0 Å². The molecule has 0 unspecified atom stereocenters. The van der Waals surface area contributed by atoms with Crippen LogP contribution in [0, 0.1) is 5.82 Å². The molecule has 0 radical (unpaired) electrons. The van der Waals surface area contributed by atoms with Crippen LogP contribution in [0.1, 0.15) is 16.2 Å². The summed E-state index contributed by atoms with van der Waals surface area (Å²) in [6, 6.07) is 12.5. The number of rotatable bonds is 5. The highest BCUT2D eigenvalue weighted by molar-refractivity contribution is 5.93. The molecule has 23 heavy (non-hydrogen) atoms. The summed E-state index contributed by atoms with van der Waals surface area (Å²) >= 11 is 0. The Hall–Kier alpha value is -3.22. The summed E-state index contributed by atoms with van der Waals surface area (Å²) in [6.45, 7) is 0.324. The largest absolute Gasteiger partial charge is 0.419 e. The van der Waals surface area contributed by atoms with Gasteiger partial charge < -0.3 is 15.5 Å². The van der Waals surface area contributed by atoms with Crippen LogP contribution in [-0.2, 0) is 6.54 Å². The van der Waals surface area contributed by atoms with E-state index in [2.05, 4.69) is 15.5 Å². The average Bonchev–Trinajstić information content (AvgIpc) is 3.03. The molecule has 0 aliphatic carbocycles. The van der Waals surface area contributed by atoms with E-state index in [9.17, 15) is 9.18 Å². The van der Waals surface area contributed by atoms with E-state index in [0.29, 0.717) is 29.5 Å². The number of nitrogens with one attached hydrogen (secondary N) is 1. The van der Waals surface area contributed by atoms with E-state index in [4.69, 9.17) is 10.2 Å². The third-order valence-electron chi connectivity index (χ3n) is 3.17. The van der Waals surface area contributed by atoms with Crippen molar-refractivity contribution in [1.29, 1.82) is 0 Å². The van der Waals surface area contributed by atoms with Gasteiger partial charge in [0.1, 0.15) is 5.82 Å². The molecule has 116 valence electrons. The van der Waals surface area contributed by atoms with Gasteiger partial charge in [0.15, 0.2) is 0 Å². The molecule has 0 bridgehead atoms. The Bertz CT molecular complexity index is 813. The van der Waals surface area contributed by atoms with Gasteiger partial charge in [-0.2, -0.15) is 0 Å². The molecule has 0 aliphatic heterocycles. The summed E-state index contributed by atoms with van der Waals surface area (Å²) in [4.78, 5) is 11.0.